The van der Waals surface area contributed by atoms with Gasteiger partial charge in [0.2, 0.25) is 0 Å². The van der Waals surface area contributed by atoms with Gasteiger partial charge in [0, 0.05) is 12.7 Å². The number of hydrogen-bond acceptors (Lipinski definition) is 4. The summed E-state index contributed by atoms with van der Waals surface area (Å²) in [5, 5.41) is 12.4. The molecule has 0 bridgehead atoms. The third-order valence-corrected chi connectivity index (χ3v) is 2.79. The van der Waals surface area contributed by atoms with Gasteiger partial charge in [-0.3, -0.25) is 10.3 Å². The summed E-state index contributed by atoms with van der Waals surface area (Å²) >= 11 is 0. The van der Waals surface area contributed by atoms with E-state index in [9.17, 15) is 5.26 Å². The van der Waals surface area contributed by atoms with Gasteiger partial charge in [0.15, 0.2) is 0 Å². The van der Waals surface area contributed by atoms with Crippen molar-refractivity contribution >= 4 is 0 Å². The van der Waals surface area contributed by atoms with Gasteiger partial charge >= 0.3 is 0 Å². The minimum atomic E-state index is -0.354. The third kappa shape index (κ3) is 3.54. The Bertz CT molecular complexity index is 546. The van der Waals surface area contributed by atoms with Crippen LogP contribution in [0.15, 0.2) is 48.7 Å². The highest BCUT2D eigenvalue weighted by Crippen LogP contribution is 2.17. The van der Waals surface area contributed by atoms with E-state index in [0.29, 0.717) is 6.54 Å². The molecular weight excluding hydrogens is 238 g/mol. The van der Waals surface area contributed by atoms with E-state index >= 15 is 0 Å². The Morgan fingerprint density at radius 3 is 2.63 bits per heavy atom. The van der Waals surface area contributed by atoms with E-state index in [1.54, 1.807) is 13.3 Å². The summed E-state index contributed by atoms with van der Waals surface area (Å²) in [5.74, 6) is 0.783. The van der Waals surface area contributed by atoms with Crippen molar-refractivity contribution < 1.29 is 4.74 Å². The van der Waals surface area contributed by atoms with Crippen LogP contribution in [0.5, 0.6) is 5.75 Å². The van der Waals surface area contributed by atoms with Crippen molar-refractivity contribution in [3.05, 3.63) is 59.9 Å². The molecule has 1 heterocycles. The van der Waals surface area contributed by atoms with Crippen LogP contribution in [0.4, 0.5) is 0 Å². The Morgan fingerprint density at radius 2 is 2.05 bits per heavy atom. The van der Waals surface area contributed by atoms with Gasteiger partial charge < -0.3 is 4.74 Å². The molecule has 0 amide bonds. The van der Waals surface area contributed by atoms with Crippen molar-refractivity contribution in [2.75, 3.05) is 7.11 Å². The van der Waals surface area contributed by atoms with E-state index in [4.69, 9.17) is 4.74 Å². The molecule has 0 spiro atoms. The monoisotopic (exact) mass is 253 g/mol. The van der Waals surface area contributed by atoms with E-state index in [0.717, 1.165) is 17.0 Å². The Kier molecular flexibility index (Phi) is 4.49. The van der Waals surface area contributed by atoms with Gasteiger partial charge in [-0.1, -0.05) is 18.2 Å². The zero-order chi connectivity index (χ0) is 13.5. The van der Waals surface area contributed by atoms with Gasteiger partial charge in [-0.25, -0.2) is 0 Å². The van der Waals surface area contributed by atoms with Gasteiger partial charge in [-0.05, 0) is 29.8 Å². The number of methoxy groups -OCH3 is 1. The molecule has 0 aliphatic rings. The molecule has 1 aromatic carbocycles. The molecule has 0 saturated carbocycles. The van der Waals surface area contributed by atoms with Crippen molar-refractivity contribution in [2.24, 2.45) is 0 Å². The van der Waals surface area contributed by atoms with Crippen LogP contribution in [0.25, 0.3) is 0 Å². The lowest BCUT2D eigenvalue weighted by Gasteiger charge is -2.12. The first-order valence-electron chi connectivity index (χ1n) is 6.00. The highest BCUT2D eigenvalue weighted by Gasteiger charge is 2.09. The van der Waals surface area contributed by atoms with Crippen LogP contribution in [-0.2, 0) is 6.54 Å². The molecule has 1 unspecified atom stereocenters. The van der Waals surface area contributed by atoms with Gasteiger partial charge in [0.25, 0.3) is 0 Å². The fourth-order valence-corrected chi connectivity index (χ4v) is 1.74. The van der Waals surface area contributed by atoms with Crippen LogP contribution < -0.4 is 10.1 Å². The highest BCUT2D eigenvalue weighted by molar-refractivity contribution is 5.31. The summed E-state index contributed by atoms with van der Waals surface area (Å²) in [4.78, 5) is 4.21. The quantitative estimate of drug-likeness (QED) is 0.889. The maximum Gasteiger partial charge on any atom is 0.121 e. The Hall–Kier alpha value is -2.38. The average molecular weight is 253 g/mol. The van der Waals surface area contributed by atoms with Crippen LogP contribution in [0.3, 0.4) is 0 Å². The lowest BCUT2D eigenvalue weighted by atomic mass is 10.1. The number of hydrogen-bond donors (Lipinski definition) is 1. The molecule has 1 atom stereocenters. The van der Waals surface area contributed by atoms with Crippen molar-refractivity contribution in [3.63, 3.8) is 0 Å². The summed E-state index contributed by atoms with van der Waals surface area (Å²) < 4.78 is 5.10. The van der Waals surface area contributed by atoms with Gasteiger partial charge in [0.05, 0.1) is 18.9 Å². The number of pyridine rings is 1. The van der Waals surface area contributed by atoms with Crippen molar-refractivity contribution in [2.45, 2.75) is 12.6 Å². The second kappa shape index (κ2) is 6.53. The average Bonchev–Trinajstić information content (AvgIpc) is 2.49. The summed E-state index contributed by atoms with van der Waals surface area (Å²) in [5.41, 5.74) is 1.83. The maximum absolute atomic E-state index is 9.22. The molecule has 0 aliphatic heterocycles. The van der Waals surface area contributed by atoms with Gasteiger partial charge in [0.1, 0.15) is 11.8 Å². The SMILES string of the molecule is COc1ccc(C(C#N)NCc2ccccn2)cc1. The predicted molar refractivity (Wildman–Crippen MR) is 72.4 cm³/mol. The summed E-state index contributed by atoms with van der Waals surface area (Å²) in [6, 6.07) is 15.1. The zero-order valence-corrected chi connectivity index (χ0v) is 10.7. The number of nitrogens with zero attached hydrogens (tertiary/aromatic N) is 2. The molecule has 4 heteroatoms. The molecule has 0 fully saturated rings. The van der Waals surface area contributed by atoms with Gasteiger partial charge in [-0.15, -0.1) is 0 Å². The van der Waals surface area contributed by atoms with Crippen molar-refractivity contribution in [1.82, 2.24) is 10.3 Å². The molecule has 1 aromatic heterocycles. The summed E-state index contributed by atoms with van der Waals surface area (Å²) in [7, 11) is 1.62. The van der Waals surface area contributed by atoms with Gasteiger partial charge in [-0.2, -0.15) is 5.26 Å². The minimum absolute atomic E-state index is 0.354. The topological polar surface area (TPSA) is 57.9 Å². The number of ether oxygens (including phenoxy) is 1. The first-order chi connectivity index (χ1) is 9.33. The molecule has 0 radical (unpaired) electrons. The molecule has 19 heavy (non-hydrogen) atoms. The Balaban J connectivity index is 2.02. The molecule has 0 saturated heterocycles. The Labute approximate surface area is 112 Å². The van der Waals surface area contributed by atoms with Crippen LogP contribution in [0.2, 0.25) is 0 Å². The molecular formula is C15H15N3O. The van der Waals surface area contributed by atoms with Crippen molar-refractivity contribution in [3.8, 4) is 11.8 Å². The predicted octanol–water partition coefficient (Wildman–Crippen LogP) is 2.44. The van der Waals surface area contributed by atoms with Crippen LogP contribution in [-0.4, -0.2) is 12.1 Å². The lowest BCUT2D eigenvalue weighted by Crippen LogP contribution is -2.19. The van der Waals surface area contributed by atoms with Crippen LogP contribution in [0.1, 0.15) is 17.3 Å². The molecule has 2 rings (SSSR count). The van der Waals surface area contributed by atoms with Crippen molar-refractivity contribution in [1.29, 1.82) is 5.26 Å². The number of aromatic nitrogens is 1. The van der Waals surface area contributed by atoms with E-state index in [1.165, 1.54) is 0 Å². The largest absolute Gasteiger partial charge is 0.497 e. The van der Waals surface area contributed by atoms with E-state index in [1.807, 2.05) is 42.5 Å². The van der Waals surface area contributed by atoms with E-state index < -0.39 is 0 Å². The van der Waals surface area contributed by atoms with E-state index in [2.05, 4.69) is 16.4 Å². The molecule has 4 nitrogen and oxygen atoms in total. The third-order valence-electron chi connectivity index (χ3n) is 2.79. The lowest BCUT2D eigenvalue weighted by molar-refractivity contribution is 0.414. The number of nitrogens with one attached hydrogen (secondary N) is 1. The number of nitriles is 1. The smallest absolute Gasteiger partial charge is 0.121 e. The second-order valence-corrected chi connectivity index (χ2v) is 4.04. The first kappa shape index (κ1) is 13.1. The molecule has 1 N–H and O–H groups in total. The molecule has 96 valence electrons. The van der Waals surface area contributed by atoms with Crippen LogP contribution in [0, 0.1) is 11.3 Å². The Morgan fingerprint density at radius 1 is 1.26 bits per heavy atom. The highest BCUT2D eigenvalue weighted by atomic mass is 16.5. The normalized spacial score (nSPS) is 11.6. The second-order valence-electron chi connectivity index (χ2n) is 4.04. The molecule has 0 aliphatic carbocycles. The fraction of sp³-hybridized carbons (Fsp3) is 0.200. The molecule has 2 aromatic rings. The number of benzene rings is 1. The summed E-state index contributed by atoms with van der Waals surface area (Å²) in [6.07, 6.45) is 1.74. The standard InChI is InChI=1S/C15H15N3O/c1-19-14-7-5-12(6-8-14)15(10-16)18-11-13-4-2-3-9-17-13/h2-9,15,18H,11H2,1H3. The summed E-state index contributed by atoms with van der Waals surface area (Å²) in [6.45, 7) is 0.561. The van der Waals surface area contributed by atoms with Crippen LogP contribution >= 0.6 is 0 Å². The maximum atomic E-state index is 9.22. The fourth-order valence-electron chi connectivity index (χ4n) is 1.74. The zero-order valence-electron chi connectivity index (χ0n) is 10.7. The van der Waals surface area contributed by atoms with E-state index in [-0.39, 0.29) is 6.04 Å². The number of rotatable bonds is 5. The first-order valence-corrected chi connectivity index (χ1v) is 6.00. The minimum Gasteiger partial charge on any atom is -0.497 e.